The van der Waals surface area contributed by atoms with E-state index in [1.54, 1.807) is 4.90 Å². The molecule has 1 aromatic carbocycles. The first kappa shape index (κ1) is 20.8. The number of benzene rings is 1. The number of piperazine rings is 1. The van der Waals surface area contributed by atoms with E-state index in [2.05, 4.69) is 0 Å². The number of carbonyl (C=O) groups excluding carboxylic acids is 2. The fourth-order valence-electron chi connectivity index (χ4n) is 3.86. The zero-order valence-corrected chi connectivity index (χ0v) is 17.7. The summed E-state index contributed by atoms with van der Waals surface area (Å²) in [4.78, 5) is 25.9. The van der Waals surface area contributed by atoms with Crippen molar-refractivity contribution in [3.8, 4) is 0 Å². The summed E-state index contributed by atoms with van der Waals surface area (Å²) in [5.41, 5.74) is 2.49. The van der Waals surface area contributed by atoms with Crippen LogP contribution >= 0.6 is 0 Å². The number of carbonyl (C=O) groups is 2. The van der Waals surface area contributed by atoms with E-state index in [4.69, 9.17) is 4.74 Å². The molecule has 1 saturated carbocycles. The highest BCUT2D eigenvalue weighted by molar-refractivity contribution is 7.89. The molecule has 0 bridgehead atoms. The molecule has 28 heavy (non-hydrogen) atoms. The molecule has 0 N–H and O–H groups in total. The van der Waals surface area contributed by atoms with Crippen LogP contribution in [0.1, 0.15) is 30.0 Å². The van der Waals surface area contributed by atoms with E-state index in [-0.39, 0.29) is 37.5 Å². The molecule has 2 fully saturated rings. The minimum Gasteiger partial charge on any atom is -0.455 e. The highest BCUT2D eigenvalue weighted by Crippen LogP contribution is 2.38. The summed E-state index contributed by atoms with van der Waals surface area (Å²) in [6.07, 6.45) is 0.821. The number of aryl methyl sites for hydroxylation is 3. The average molecular weight is 409 g/mol. The predicted molar refractivity (Wildman–Crippen MR) is 104 cm³/mol. The molecule has 1 amide bonds. The summed E-state index contributed by atoms with van der Waals surface area (Å²) in [6.45, 7) is 8.30. The quantitative estimate of drug-likeness (QED) is 0.692. The Balaban J connectivity index is 1.58. The summed E-state index contributed by atoms with van der Waals surface area (Å²) in [7, 11) is -3.61. The molecule has 0 spiro atoms. The Hall–Kier alpha value is -1.93. The molecule has 0 radical (unpaired) electrons. The third kappa shape index (κ3) is 4.22. The van der Waals surface area contributed by atoms with Gasteiger partial charge < -0.3 is 9.64 Å². The first-order valence-electron chi connectivity index (χ1n) is 9.63. The van der Waals surface area contributed by atoms with Gasteiger partial charge in [-0.05, 0) is 44.2 Å². The lowest BCUT2D eigenvalue weighted by atomic mass is 10.1. The molecule has 0 unspecified atom stereocenters. The number of sulfonamides is 1. The Morgan fingerprint density at radius 2 is 1.61 bits per heavy atom. The van der Waals surface area contributed by atoms with Gasteiger partial charge in [-0.1, -0.05) is 24.6 Å². The first-order chi connectivity index (χ1) is 13.1. The van der Waals surface area contributed by atoms with Crippen LogP contribution in [-0.4, -0.2) is 62.3 Å². The zero-order chi connectivity index (χ0) is 20.6. The van der Waals surface area contributed by atoms with Crippen LogP contribution in [0, 0.1) is 32.6 Å². The molecule has 154 valence electrons. The molecular formula is C20H28N2O5S. The summed E-state index contributed by atoms with van der Waals surface area (Å²) in [5, 5.41) is 0. The third-order valence-electron chi connectivity index (χ3n) is 5.54. The molecule has 1 heterocycles. The van der Waals surface area contributed by atoms with Gasteiger partial charge in [-0.15, -0.1) is 0 Å². The molecule has 1 aromatic rings. The smallest absolute Gasteiger partial charge is 0.309 e. The van der Waals surface area contributed by atoms with Crippen LogP contribution in [0.4, 0.5) is 0 Å². The lowest BCUT2D eigenvalue weighted by Crippen LogP contribution is -2.51. The molecule has 8 heteroatoms. The van der Waals surface area contributed by atoms with Crippen molar-refractivity contribution in [3.05, 3.63) is 28.8 Å². The highest BCUT2D eigenvalue weighted by atomic mass is 32.2. The van der Waals surface area contributed by atoms with Gasteiger partial charge in [0.1, 0.15) is 0 Å². The molecule has 1 aliphatic carbocycles. The topological polar surface area (TPSA) is 84.0 Å². The number of hydrogen-bond acceptors (Lipinski definition) is 5. The molecule has 2 atom stereocenters. The lowest BCUT2D eigenvalue weighted by molar-refractivity contribution is -0.153. The maximum Gasteiger partial charge on any atom is 0.309 e. The van der Waals surface area contributed by atoms with Crippen LogP contribution in [0.2, 0.25) is 0 Å². The van der Waals surface area contributed by atoms with E-state index in [0.717, 1.165) is 23.1 Å². The minimum atomic E-state index is -3.61. The van der Waals surface area contributed by atoms with Crippen LogP contribution < -0.4 is 0 Å². The van der Waals surface area contributed by atoms with E-state index in [0.29, 0.717) is 23.9 Å². The SMILES string of the molecule is Cc1cc(C)c(S(=O)(=O)N2CCN(C(=O)COC(=O)[C@H]3C[C@H]3C)CC2)c(C)c1. The molecule has 3 rings (SSSR count). The van der Waals surface area contributed by atoms with Crippen LogP contribution in [0.5, 0.6) is 0 Å². The normalized spacial score (nSPS) is 22.8. The molecular weight excluding hydrogens is 380 g/mol. The second kappa shape index (κ2) is 7.83. The Kier molecular flexibility index (Phi) is 5.82. The Labute approximate surface area is 166 Å². The van der Waals surface area contributed by atoms with Crippen molar-refractivity contribution in [2.24, 2.45) is 11.8 Å². The van der Waals surface area contributed by atoms with Crippen LogP contribution in [0.3, 0.4) is 0 Å². The van der Waals surface area contributed by atoms with Crippen LogP contribution in [0.15, 0.2) is 17.0 Å². The monoisotopic (exact) mass is 408 g/mol. The van der Waals surface area contributed by atoms with Gasteiger partial charge in [0, 0.05) is 26.2 Å². The van der Waals surface area contributed by atoms with E-state index in [9.17, 15) is 18.0 Å². The minimum absolute atomic E-state index is 0.0734. The largest absolute Gasteiger partial charge is 0.455 e. The van der Waals surface area contributed by atoms with Gasteiger partial charge in [0.15, 0.2) is 6.61 Å². The van der Waals surface area contributed by atoms with Gasteiger partial charge >= 0.3 is 5.97 Å². The number of nitrogens with zero attached hydrogens (tertiary/aromatic N) is 2. The first-order valence-corrected chi connectivity index (χ1v) is 11.1. The Morgan fingerprint density at radius 3 is 2.11 bits per heavy atom. The van der Waals surface area contributed by atoms with E-state index in [1.807, 2.05) is 39.8 Å². The van der Waals surface area contributed by atoms with Crippen molar-refractivity contribution in [1.82, 2.24) is 9.21 Å². The van der Waals surface area contributed by atoms with Crippen LogP contribution in [0.25, 0.3) is 0 Å². The number of amides is 1. The van der Waals surface area contributed by atoms with Crippen molar-refractivity contribution < 1.29 is 22.7 Å². The van der Waals surface area contributed by atoms with Crippen molar-refractivity contribution in [2.45, 2.75) is 39.0 Å². The van der Waals surface area contributed by atoms with Crippen molar-refractivity contribution in [1.29, 1.82) is 0 Å². The molecule has 1 aliphatic heterocycles. The second-order valence-corrected chi connectivity index (χ2v) is 9.81. The maximum atomic E-state index is 13.1. The summed E-state index contributed by atoms with van der Waals surface area (Å²) >= 11 is 0. The zero-order valence-electron chi connectivity index (χ0n) is 16.9. The summed E-state index contributed by atoms with van der Waals surface area (Å²) < 4.78 is 32.7. The third-order valence-corrected chi connectivity index (χ3v) is 7.75. The Bertz CT molecular complexity index is 865. The maximum absolute atomic E-state index is 13.1. The van der Waals surface area contributed by atoms with Gasteiger partial charge in [0.05, 0.1) is 10.8 Å². The second-order valence-electron chi connectivity index (χ2n) is 7.94. The van der Waals surface area contributed by atoms with Crippen molar-refractivity contribution in [2.75, 3.05) is 32.8 Å². The van der Waals surface area contributed by atoms with E-state index in [1.165, 1.54) is 4.31 Å². The average Bonchev–Trinajstić information content (AvgIpc) is 3.35. The van der Waals surface area contributed by atoms with E-state index >= 15 is 0 Å². The molecule has 2 aliphatic rings. The highest BCUT2D eigenvalue weighted by Gasteiger charge is 2.41. The van der Waals surface area contributed by atoms with Gasteiger partial charge in [-0.25, -0.2) is 8.42 Å². The van der Waals surface area contributed by atoms with Gasteiger partial charge in [0.25, 0.3) is 5.91 Å². The standard InChI is InChI=1S/C20H28N2O5S/c1-13-9-15(3)19(16(4)10-13)28(25,26)22-7-5-21(6-8-22)18(23)12-27-20(24)17-11-14(17)2/h9-10,14,17H,5-8,11-12H2,1-4H3/t14-,17+/m1/s1. The molecule has 7 nitrogen and oxygen atoms in total. The van der Waals surface area contributed by atoms with E-state index < -0.39 is 10.0 Å². The molecule has 0 aromatic heterocycles. The van der Waals surface area contributed by atoms with Gasteiger partial charge in [-0.2, -0.15) is 4.31 Å². The van der Waals surface area contributed by atoms with Crippen LogP contribution in [-0.2, 0) is 24.3 Å². The number of ether oxygens (including phenoxy) is 1. The number of esters is 1. The lowest BCUT2D eigenvalue weighted by Gasteiger charge is -2.34. The fourth-order valence-corrected chi connectivity index (χ4v) is 5.70. The van der Waals surface area contributed by atoms with Crippen molar-refractivity contribution in [3.63, 3.8) is 0 Å². The summed E-state index contributed by atoms with van der Waals surface area (Å²) in [6, 6.07) is 3.74. The summed E-state index contributed by atoms with van der Waals surface area (Å²) in [5.74, 6) is -0.324. The molecule has 1 saturated heterocycles. The van der Waals surface area contributed by atoms with Crippen molar-refractivity contribution >= 4 is 21.9 Å². The Morgan fingerprint density at radius 1 is 1.07 bits per heavy atom. The number of hydrogen-bond donors (Lipinski definition) is 0. The van der Waals surface area contributed by atoms with Gasteiger partial charge in [-0.3, -0.25) is 9.59 Å². The predicted octanol–water partition coefficient (Wildman–Crippen LogP) is 1.64. The number of rotatable bonds is 5. The fraction of sp³-hybridized carbons (Fsp3) is 0.600. The van der Waals surface area contributed by atoms with Gasteiger partial charge in [0.2, 0.25) is 10.0 Å².